The summed E-state index contributed by atoms with van der Waals surface area (Å²) < 4.78 is 2.42. The Kier molecular flexibility index (Phi) is 9.89. The maximum Gasteiger partial charge on any atom is 0.0547 e. The van der Waals surface area contributed by atoms with Gasteiger partial charge in [0, 0.05) is 33.5 Å². The van der Waals surface area contributed by atoms with Crippen LogP contribution in [0.5, 0.6) is 0 Å². The van der Waals surface area contributed by atoms with Crippen molar-refractivity contribution in [1.29, 1.82) is 0 Å². The zero-order valence-corrected chi connectivity index (χ0v) is 36.3. The first-order valence-corrected chi connectivity index (χ1v) is 22.7. The molecule has 0 saturated heterocycles. The van der Waals surface area contributed by atoms with E-state index in [9.17, 15) is 0 Å². The third kappa shape index (κ3) is 7.12. The van der Waals surface area contributed by atoms with Gasteiger partial charge in [-0.2, -0.15) is 0 Å². The minimum absolute atomic E-state index is 1.08. The van der Waals surface area contributed by atoms with Crippen molar-refractivity contribution in [1.82, 2.24) is 4.57 Å². The van der Waals surface area contributed by atoms with Gasteiger partial charge in [-0.3, -0.25) is 0 Å². The topological polar surface area (TPSA) is 8.17 Å². The minimum Gasteiger partial charge on any atom is -0.310 e. The van der Waals surface area contributed by atoms with E-state index in [1.54, 1.807) is 0 Å². The molecule has 0 amide bonds. The Balaban J connectivity index is 0.987. The maximum atomic E-state index is 2.42. The van der Waals surface area contributed by atoms with Gasteiger partial charge in [-0.1, -0.05) is 200 Å². The van der Waals surface area contributed by atoms with Crippen LogP contribution < -0.4 is 4.90 Å². The standard InChI is InChI=1S/C64H44N2/c1-4-16-45(17-5-1)46-30-32-47(33-31-46)48-34-38-55(39-35-48)65(56-40-36-50(37-41-56)59-27-13-12-26-58(59)49-18-6-2-7-19-49)57-25-14-22-53(42-57)60-28-15-29-62-64(60)61-43-51-20-10-11-21-52(51)44-63(61)66(62)54-23-8-3-9-24-54/h1-44H. The van der Waals surface area contributed by atoms with Crippen LogP contribution in [0.15, 0.2) is 267 Å². The molecular formula is C64H44N2. The van der Waals surface area contributed by atoms with Gasteiger partial charge in [-0.05, 0) is 133 Å². The largest absolute Gasteiger partial charge is 0.310 e. The molecule has 0 aliphatic heterocycles. The van der Waals surface area contributed by atoms with Crippen LogP contribution in [0.25, 0.3) is 93.9 Å². The summed E-state index contributed by atoms with van der Waals surface area (Å²) in [6, 6.07) is 96.8. The summed E-state index contributed by atoms with van der Waals surface area (Å²) in [6.07, 6.45) is 0. The molecule has 66 heavy (non-hydrogen) atoms. The second-order valence-electron chi connectivity index (χ2n) is 16.9. The summed E-state index contributed by atoms with van der Waals surface area (Å²) in [7, 11) is 0. The smallest absolute Gasteiger partial charge is 0.0547 e. The van der Waals surface area contributed by atoms with Gasteiger partial charge in [0.25, 0.3) is 0 Å². The molecule has 0 saturated carbocycles. The molecule has 0 spiro atoms. The quantitative estimate of drug-likeness (QED) is 0.141. The number of hydrogen-bond acceptors (Lipinski definition) is 1. The van der Waals surface area contributed by atoms with Crippen LogP contribution in [-0.2, 0) is 0 Å². The molecule has 0 N–H and O–H groups in total. The fourth-order valence-electron chi connectivity index (χ4n) is 9.79. The summed E-state index contributed by atoms with van der Waals surface area (Å²) >= 11 is 0. The summed E-state index contributed by atoms with van der Waals surface area (Å²) in [5.41, 5.74) is 18.8. The van der Waals surface area contributed by atoms with Crippen LogP contribution in [0, 0.1) is 0 Å². The van der Waals surface area contributed by atoms with Gasteiger partial charge in [-0.25, -0.2) is 0 Å². The predicted molar refractivity (Wildman–Crippen MR) is 280 cm³/mol. The lowest BCUT2D eigenvalue weighted by molar-refractivity contribution is 1.18. The molecule has 0 radical (unpaired) electrons. The van der Waals surface area contributed by atoms with E-state index < -0.39 is 0 Å². The van der Waals surface area contributed by atoms with Crippen molar-refractivity contribution in [2.45, 2.75) is 0 Å². The Morgan fingerprint density at radius 3 is 1.32 bits per heavy atom. The lowest BCUT2D eigenvalue weighted by Gasteiger charge is -2.26. The summed E-state index contributed by atoms with van der Waals surface area (Å²) in [4.78, 5) is 2.39. The highest BCUT2D eigenvalue weighted by Crippen LogP contribution is 2.43. The number of aromatic nitrogens is 1. The number of fused-ring (bicyclic) bond motifs is 4. The first-order valence-electron chi connectivity index (χ1n) is 22.7. The fourth-order valence-corrected chi connectivity index (χ4v) is 9.79. The molecule has 1 heterocycles. The molecule has 0 bridgehead atoms. The van der Waals surface area contributed by atoms with Crippen molar-refractivity contribution in [3.05, 3.63) is 267 Å². The van der Waals surface area contributed by atoms with Crippen molar-refractivity contribution < 1.29 is 0 Å². The first-order chi connectivity index (χ1) is 32.7. The number of nitrogens with zero attached hydrogens (tertiary/aromatic N) is 2. The van der Waals surface area contributed by atoms with Crippen LogP contribution in [-0.4, -0.2) is 4.57 Å². The predicted octanol–water partition coefficient (Wildman–Crippen LogP) is 17.7. The van der Waals surface area contributed by atoms with E-state index in [0.29, 0.717) is 0 Å². The number of rotatable bonds is 9. The highest BCUT2D eigenvalue weighted by Gasteiger charge is 2.20. The van der Waals surface area contributed by atoms with E-state index in [-0.39, 0.29) is 0 Å². The van der Waals surface area contributed by atoms with Gasteiger partial charge in [0.05, 0.1) is 11.0 Å². The average Bonchev–Trinajstić information content (AvgIpc) is 3.72. The van der Waals surface area contributed by atoms with Gasteiger partial charge in [0.1, 0.15) is 0 Å². The second-order valence-corrected chi connectivity index (χ2v) is 16.9. The third-order valence-corrected chi connectivity index (χ3v) is 13.0. The Bertz CT molecular complexity index is 3650. The van der Waals surface area contributed by atoms with Crippen LogP contribution in [0.1, 0.15) is 0 Å². The van der Waals surface area contributed by atoms with Crippen molar-refractivity contribution in [3.8, 4) is 61.3 Å². The molecule has 310 valence electrons. The molecule has 1 aromatic heterocycles. The van der Waals surface area contributed by atoms with Crippen LogP contribution in [0.4, 0.5) is 17.1 Å². The lowest BCUT2D eigenvalue weighted by Crippen LogP contribution is -2.10. The minimum atomic E-state index is 1.08. The molecule has 2 nitrogen and oxygen atoms in total. The molecule has 2 heteroatoms. The SMILES string of the molecule is c1ccc(-c2ccc(-c3ccc(N(c4ccc(-c5ccccc5-c5ccccc5)cc4)c4cccc(-c5cccc6c5c5cc7ccccc7cc5n6-c5ccccc5)c4)cc3)cc2)cc1. The summed E-state index contributed by atoms with van der Waals surface area (Å²) in [5.74, 6) is 0. The Morgan fingerprint density at radius 1 is 0.258 bits per heavy atom. The van der Waals surface area contributed by atoms with Crippen LogP contribution in [0.3, 0.4) is 0 Å². The molecular weight excluding hydrogens is 797 g/mol. The third-order valence-electron chi connectivity index (χ3n) is 13.0. The van der Waals surface area contributed by atoms with E-state index in [0.717, 1.165) is 28.3 Å². The van der Waals surface area contributed by atoms with Crippen LogP contribution in [0.2, 0.25) is 0 Å². The van der Waals surface area contributed by atoms with Crippen molar-refractivity contribution in [3.63, 3.8) is 0 Å². The normalized spacial score (nSPS) is 11.3. The van der Waals surface area contributed by atoms with E-state index in [1.165, 1.54) is 82.6 Å². The zero-order valence-electron chi connectivity index (χ0n) is 36.3. The summed E-state index contributed by atoms with van der Waals surface area (Å²) in [6.45, 7) is 0. The Hall–Kier alpha value is -8.72. The van der Waals surface area contributed by atoms with E-state index in [4.69, 9.17) is 0 Å². The molecule has 0 fully saturated rings. The molecule has 12 aromatic rings. The number of benzene rings is 11. The molecule has 0 aliphatic carbocycles. The number of anilines is 3. The average molecular weight is 841 g/mol. The molecule has 0 aliphatic rings. The second kappa shape index (κ2) is 16.8. The molecule has 0 unspecified atom stereocenters. The van der Waals surface area contributed by atoms with Crippen molar-refractivity contribution in [2.75, 3.05) is 4.90 Å². The lowest BCUT2D eigenvalue weighted by atomic mass is 9.94. The molecule has 11 aromatic carbocycles. The van der Waals surface area contributed by atoms with Crippen LogP contribution >= 0.6 is 0 Å². The molecule has 0 atom stereocenters. The Labute approximate surface area is 385 Å². The molecule has 12 rings (SSSR count). The summed E-state index contributed by atoms with van der Waals surface area (Å²) in [5, 5.41) is 4.95. The van der Waals surface area contributed by atoms with E-state index in [1.807, 2.05) is 0 Å². The Morgan fingerprint density at radius 2 is 0.697 bits per heavy atom. The van der Waals surface area contributed by atoms with Gasteiger partial charge < -0.3 is 9.47 Å². The van der Waals surface area contributed by atoms with Crippen molar-refractivity contribution in [2.24, 2.45) is 0 Å². The number of para-hydroxylation sites is 1. The highest BCUT2D eigenvalue weighted by molar-refractivity contribution is 6.18. The maximum absolute atomic E-state index is 2.42. The van der Waals surface area contributed by atoms with Gasteiger partial charge in [0.2, 0.25) is 0 Å². The fraction of sp³-hybridized carbons (Fsp3) is 0. The number of hydrogen-bond donors (Lipinski definition) is 0. The highest BCUT2D eigenvalue weighted by atomic mass is 15.1. The van der Waals surface area contributed by atoms with Gasteiger partial charge in [-0.15, -0.1) is 0 Å². The van der Waals surface area contributed by atoms with E-state index in [2.05, 4.69) is 276 Å². The van der Waals surface area contributed by atoms with Crippen molar-refractivity contribution >= 4 is 49.6 Å². The van der Waals surface area contributed by atoms with E-state index >= 15 is 0 Å². The van der Waals surface area contributed by atoms with Gasteiger partial charge in [0.15, 0.2) is 0 Å². The monoisotopic (exact) mass is 840 g/mol. The zero-order chi connectivity index (χ0) is 43.8. The first kappa shape index (κ1) is 38.9. The van der Waals surface area contributed by atoms with Gasteiger partial charge >= 0.3 is 0 Å².